The maximum atomic E-state index is 12.6. The van der Waals surface area contributed by atoms with Gasteiger partial charge in [-0.1, -0.05) is 10.4 Å². The average Bonchev–Trinajstić information content (AvgIpc) is 3.33. The molecule has 1 amide bonds. The summed E-state index contributed by atoms with van der Waals surface area (Å²) in [5.41, 5.74) is 1.24. The molecule has 3 aromatic rings. The first-order valence-electron chi connectivity index (χ1n) is 7.75. The predicted octanol–water partition coefficient (Wildman–Crippen LogP) is 1.06. The Kier molecular flexibility index (Phi) is 3.40. The lowest BCUT2D eigenvalue weighted by Gasteiger charge is -2.16. The molecule has 1 aliphatic heterocycles. The van der Waals surface area contributed by atoms with Crippen LogP contribution in [0.1, 0.15) is 28.8 Å². The number of aromatic nitrogens is 6. The molecule has 1 saturated heterocycles. The van der Waals surface area contributed by atoms with Gasteiger partial charge in [-0.25, -0.2) is 4.68 Å². The smallest absolute Gasteiger partial charge is 0.280 e. The Balaban J connectivity index is 1.48. The summed E-state index contributed by atoms with van der Waals surface area (Å²) in [7, 11) is 1.87. The summed E-state index contributed by atoms with van der Waals surface area (Å²) in [6, 6.07) is 3.80. The molecule has 1 fully saturated rings. The Hall–Kier alpha value is -2.97. The number of amides is 1. The summed E-state index contributed by atoms with van der Waals surface area (Å²) in [4.78, 5) is 18.6. The highest BCUT2D eigenvalue weighted by Crippen LogP contribution is 2.24. The van der Waals surface area contributed by atoms with E-state index in [-0.39, 0.29) is 11.9 Å². The van der Waals surface area contributed by atoms with Crippen molar-refractivity contribution in [3.63, 3.8) is 0 Å². The summed E-state index contributed by atoms with van der Waals surface area (Å²) in [6.45, 7) is 3.06. The lowest BCUT2D eigenvalue weighted by molar-refractivity contribution is 0.0777. The first-order chi connectivity index (χ1) is 11.6. The molecule has 4 heterocycles. The normalized spacial score (nSPS) is 17.6. The molecule has 9 nitrogen and oxygen atoms in total. The van der Waals surface area contributed by atoms with Crippen LogP contribution in [-0.2, 0) is 7.05 Å². The van der Waals surface area contributed by atoms with E-state index in [1.54, 1.807) is 17.8 Å². The Morgan fingerprint density at radius 1 is 1.42 bits per heavy atom. The molecule has 9 heteroatoms. The van der Waals surface area contributed by atoms with Crippen LogP contribution in [0.4, 0.5) is 0 Å². The van der Waals surface area contributed by atoms with Gasteiger partial charge >= 0.3 is 0 Å². The van der Waals surface area contributed by atoms with Crippen molar-refractivity contribution < 1.29 is 9.32 Å². The highest BCUT2D eigenvalue weighted by Gasteiger charge is 2.30. The molecule has 1 aliphatic rings. The van der Waals surface area contributed by atoms with Gasteiger partial charge in [-0.2, -0.15) is 4.98 Å². The van der Waals surface area contributed by atoms with E-state index in [0.29, 0.717) is 36.2 Å². The zero-order valence-corrected chi connectivity index (χ0v) is 13.5. The molecule has 0 unspecified atom stereocenters. The van der Waals surface area contributed by atoms with Gasteiger partial charge in [0.2, 0.25) is 0 Å². The fourth-order valence-electron chi connectivity index (χ4n) is 2.94. The van der Waals surface area contributed by atoms with Crippen molar-refractivity contribution in [2.45, 2.75) is 19.4 Å². The summed E-state index contributed by atoms with van der Waals surface area (Å²) in [5.74, 6) is 0.950. The maximum absolute atomic E-state index is 12.6. The number of likely N-dealkylation sites (tertiary alicyclic amines) is 1. The fourth-order valence-corrected chi connectivity index (χ4v) is 2.94. The monoisotopic (exact) mass is 327 g/mol. The van der Waals surface area contributed by atoms with Crippen LogP contribution in [0.2, 0.25) is 0 Å². The van der Waals surface area contributed by atoms with E-state index in [2.05, 4.69) is 20.5 Å². The van der Waals surface area contributed by atoms with Gasteiger partial charge in [0.15, 0.2) is 11.5 Å². The molecule has 124 valence electrons. The van der Waals surface area contributed by atoms with Crippen molar-refractivity contribution >= 4 is 5.91 Å². The lowest BCUT2D eigenvalue weighted by Crippen LogP contribution is -2.30. The topological polar surface area (TPSA) is 94.9 Å². The van der Waals surface area contributed by atoms with Gasteiger partial charge in [0.05, 0.1) is 12.2 Å². The number of nitrogens with zero attached hydrogens (tertiary/aromatic N) is 7. The number of rotatable bonds is 3. The van der Waals surface area contributed by atoms with E-state index in [0.717, 1.165) is 6.42 Å². The van der Waals surface area contributed by atoms with Gasteiger partial charge in [0, 0.05) is 26.3 Å². The Morgan fingerprint density at radius 3 is 3.00 bits per heavy atom. The standard InChI is InChI=1S/C15H17N7O2/c1-10-16-14(24-18-10)12-9-22(19-17-12)11-5-7-21(8-11)15(23)13-4-3-6-20(13)2/h3-4,6,9,11H,5,7-8H2,1-2H3/t11-/m1/s1. The van der Waals surface area contributed by atoms with Crippen molar-refractivity contribution in [1.29, 1.82) is 0 Å². The van der Waals surface area contributed by atoms with Crippen LogP contribution in [-0.4, -0.2) is 53.6 Å². The average molecular weight is 327 g/mol. The highest BCUT2D eigenvalue weighted by atomic mass is 16.5. The molecule has 0 aromatic carbocycles. The molecule has 0 radical (unpaired) electrons. The maximum Gasteiger partial charge on any atom is 0.280 e. The molecule has 0 aliphatic carbocycles. The van der Waals surface area contributed by atoms with Gasteiger partial charge in [-0.15, -0.1) is 5.10 Å². The first kappa shape index (κ1) is 14.6. The number of hydrogen-bond acceptors (Lipinski definition) is 6. The second-order valence-corrected chi connectivity index (χ2v) is 5.93. The Bertz CT molecular complexity index is 878. The van der Waals surface area contributed by atoms with Crippen LogP contribution in [0.5, 0.6) is 0 Å². The van der Waals surface area contributed by atoms with E-state index in [9.17, 15) is 4.79 Å². The van der Waals surface area contributed by atoms with E-state index in [1.807, 2.05) is 34.8 Å². The van der Waals surface area contributed by atoms with E-state index in [1.165, 1.54) is 0 Å². The van der Waals surface area contributed by atoms with Gasteiger partial charge < -0.3 is 14.0 Å². The summed E-state index contributed by atoms with van der Waals surface area (Å²) in [5, 5.41) is 12.0. The molecule has 4 rings (SSSR count). The minimum absolute atomic E-state index is 0.0397. The van der Waals surface area contributed by atoms with Crippen LogP contribution in [0, 0.1) is 6.92 Å². The summed E-state index contributed by atoms with van der Waals surface area (Å²) in [6.07, 6.45) is 4.49. The third-order valence-electron chi connectivity index (χ3n) is 4.24. The van der Waals surface area contributed by atoms with E-state index < -0.39 is 0 Å². The predicted molar refractivity (Wildman–Crippen MR) is 83.0 cm³/mol. The molecule has 0 N–H and O–H groups in total. The number of carbonyl (C=O) groups is 1. The van der Waals surface area contributed by atoms with Crippen LogP contribution in [0.25, 0.3) is 11.6 Å². The van der Waals surface area contributed by atoms with Crippen molar-refractivity contribution in [3.8, 4) is 11.6 Å². The largest absolute Gasteiger partial charge is 0.347 e. The Labute approximate surface area is 137 Å². The van der Waals surface area contributed by atoms with Crippen LogP contribution < -0.4 is 0 Å². The molecular weight excluding hydrogens is 310 g/mol. The second-order valence-electron chi connectivity index (χ2n) is 5.93. The van der Waals surface area contributed by atoms with Crippen molar-refractivity contribution in [3.05, 3.63) is 36.0 Å². The summed E-state index contributed by atoms with van der Waals surface area (Å²) >= 11 is 0. The molecule has 0 saturated carbocycles. The lowest BCUT2D eigenvalue weighted by atomic mass is 10.3. The minimum atomic E-state index is 0.0397. The number of carbonyl (C=O) groups excluding carboxylic acids is 1. The third-order valence-corrected chi connectivity index (χ3v) is 4.24. The zero-order valence-electron chi connectivity index (χ0n) is 13.5. The van der Waals surface area contributed by atoms with Crippen LogP contribution >= 0.6 is 0 Å². The molecule has 1 atom stereocenters. The first-order valence-corrected chi connectivity index (χ1v) is 7.75. The Morgan fingerprint density at radius 2 is 2.29 bits per heavy atom. The van der Waals surface area contributed by atoms with Crippen molar-refractivity contribution in [1.82, 2.24) is 34.6 Å². The van der Waals surface area contributed by atoms with Crippen LogP contribution in [0.3, 0.4) is 0 Å². The third kappa shape index (κ3) is 2.47. The van der Waals surface area contributed by atoms with Crippen molar-refractivity contribution in [2.75, 3.05) is 13.1 Å². The van der Waals surface area contributed by atoms with Gasteiger partial charge in [-0.3, -0.25) is 4.79 Å². The fraction of sp³-hybridized carbons (Fsp3) is 0.400. The SMILES string of the molecule is Cc1noc(-c2cn([C@@H]3CCN(C(=O)c4cccn4C)C3)nn2)n1. The van der Waals surface area contributed by atoms with Gasteiger partial charge in [0.1, 0.15) is 5.69 Å². The molecule has 0 spiro atoms. The molecule has 24 heavy (non-hydrogen) atoms. The van der Waals surface area contributed by atoms with Crippen LogP contribution in [0.15, 0.2) is 29.0 Å². The van der Waals surface area contributed by atoms with E-state index in [4.69, 9.17) is 4.52 Å². The molecule has 0 bridgehead atoms. The van der Waals surface area contributed by atoms with Gasteiger partial charge in [0.25, 0.3) is 11.8 Å². The van der Waals surface area contributed by atoms with E-state index >= 15 is 0 Å². The molecular formula is C15H17N7O2. The molecule has 3 aromatic heterocycles. The highest BCUT2D eigenvalue weighted by molar-refractivity contribution is 5.92. The summed E-state index contributed by atoms with van der Waals surface area (Å²) < 4.78 is 8.71. The number of aryl methyl sites for hydroxylation is 2. The minimum Gasteiger partial charge on any atom is -0.347 e. The second kappa shape index (κ2) is 5.59. The van der Waals surface area contributed by atoms with Crippen molar-refractivity contribution in [2.24, 2.45) is 7.05 Å². The zero-order chi connectivity index (χ0) is 16.7. The van der Waals surface area contributed by atoms with Gasteiger partial charge in [-0.05, 0) is 25.5 Å². The quantitative estimate of drug-likeness (QED) is 0.714. The number of hydrogen-bond donors (Lipinski definition) is 0.